The summed E-state index contributed by atoms with van der Waals surface area (Å²) in [6.45, 7) is 0. The third-order valence-corrected chi connectivity index (χ3v) is 4.24. The molecule has 0 spiro atoms. The number of para-hydroxylation sites is 2. The van der Waals surface area contributed by atoms with Crippen LogP contribution < -0.4 is 9.64 Å². The van der Waals surface area contributed by atoms with Crippen LogP contribution in [-0.4, -0.2) is 31.1 Å². The van der Waals surface area contributed by atoms with Crippen molar-refractivity contribution in [2.24, 2.45) is 11.8 Å². The van der Waals surface area contributed by atoms with Crippen molar-refractivity contribution in [3.63, 3.8) is 0 Å². The Labute approximate surface area is 115 Å². The molecule has 3 heterocycles. The van der Waals surface area contributed by atoms with Crippen molar-refractivity contribution in [2.45, 2.75) is 12.2 Å². The topological polar surface area (TPSA) is 55.8 Å². The highest BCUT2D eigenvalue weighted by atomic mass is 16.5. The van der Waals surface area contributed by atoms with E-state index in [0.717, 1.165) is 0 Å². The Hall–Kier alpha value is -2.14. The number of anilines is 1. The lowest BCUT2D eigenvalue weighted by atomic mass is 9.85. The average molecular weight is 271 g/mol. The van der Waals surface area contributed by atoms with Gasteiger partial charge in [-0.25, -0.2) is 4.90 Å². The molecule has 3 aliphatic heterocycles. The highest BCUT2D eigenvalue weighted by Gasteiger charge is 2.61. The summed E-state index contributed by atoms with van der Waals surface area (Å²) in [4.78, 5) is 26.4. The molecule has 0 N–H and O–H groups in total. The van der Waals surface area contributed by atoms with E-state index in [2.05, 4.69) is 0 Å². The molecule has 5 nitrogen and oxygen atoms in total. The minimum Gasteiger partial charge on any atom is -0.495 e. The molecule has 4 atom stereocenters. The maximum atomic E-state index is 12.6. The van der Waals surface area contributed by atoms with Crippen LogP contribution in [0.2, 0.25) is 0 Å². The molecule has 0 aromatic heterocycles. The zero-order chi connectivity index (χ0) is 13.9. The van der Waals surface area contributed by atoms with Crippen molar-refractivity contribution in [2.75, 3.05) is 12.0 Å². The Bertz CT molecular complexity index is 609. The van der Waals surface area contributed by atoms with E-state index in [0.29, 0.717) is 11.4 Å². The number of carbonyl (C=O) groups excluding carboxylic acids is 2. The van der Waals surface area contributed by atoms with Crippen molar-refractivity contribution in [1.29, 1.82) is 0 Å². The van der Waals surface area contributed by atoms with Gasteiger partial charge in [0.1, 0.15) is 5.75 Å². The second-order valence-electron chi connectivity index (χ2n) is 5.19. The normalized spacial score (nSPS) is 34.0. The molecule has 0 radical (unpaired) electrons. The van der Waals surface area contributed by atoms with Gasteiger partial charge in [0.2, 0.25) is 11.8 Å². The van der Waals surface area contributed by atoms with E-state index in [9.17, 15) is 9.59 Å². The molecule has 0 aliphatic carbocycles. The second kappa shape index (κ2) is 3.93. The predicted octanol–water partition coefficient (Wildman–Crippen LogP) is 1.14. The molecule has 0 saturated carbocycles. The van der Waals surface area contributed by atoms with Gasteiger partial charge in [0.25, 0.3) is 0 Å². The fourth-order valence-electron chi connectivity index (χ4n) is 3.36. The van der Waals surface area contributed by atoms with Gasteiger partial charge in [-0.15, -0.1) is 0 Å². The van der Waals surface area contributed by atoms with Crippen LogP contribution in [0.1, 0.15) is 0 Å². The molecule has 1 aromatic rings. The number of benzene rings is 1. The summed E-state index contributed by atoms with van der Waals surface area (Å²) >= 11 is 0. The second-order valence-corrected chi connectivity index (χ2v) is 5.19. The fraction of sp³-hybridized carbons (Fsp3) is 0.333. The van der Waals surface area contributed by atoms with Crippen LogP contribution in [0.25, 0.3) is 0 Å². The van der Waals surface area contributed by atoms with Crippen molar-refractivity contribution in [3.8, 4) is 5.75 Å². The smallest absolute Gasteiger partial charge is 0.240 e. The molecule has 20 heavy (non-hydrogen) atoms. The van der Waals surface area contributed by atoms with Gasteiger partial charge in [-0.3, -0.25) is 9.59 Å². The van der Waals surface area contributed by atoms with Gasteiger partial charge >= 0.3 is 0 Å². The lowest BCUT2D eigenvalue weighted by molar-refractivity contribution is -0.124. The fourth-order valence-corrected chi connectivity index (χ4v) is 3.36. The Morgan fingerprint density at radius 3 is 2.25 bits per heavy atom. The van der Waals surface area contributed by atoms with E-state index >= 15 is 0 Å². The molecule has 2 fully saturated rings. The number of fused-ring (bicyclic) bond motifs is 5. The summed E-state index contributed by atoms with van der Waals surface area (Å²) in [5.74, 6) is -0.636. The van der Waals surface area contributed by atoms with E-state index in [1.807, 2.05) is 18.2 Å². The van der Waals surface area contributed by atoms with Crippen LogP contribution in [0.4, 0.5) is 5.69 Å². The minimum absolute atomic E-state index is 0.193. The van der Waals surface area contributed by atoms with Gasteiger partial charge in [0.05, 0.1) is 36.8 Å². The van der Waals surface area contributed by atoms with Gasteiger partial charge in [0.15, 0.2) is 0 Å². The summed E-state index contributed by atoms with van der Waals surface area (Å²) in [6, 6.07) is 7.07. The average Bonchev–Trinajstić information content (AvgIpc) is 3.13. The summed E-state index contributed by atoms with van der Waals surface area (Å²) in [5.41, 5.74) is 0.513. The first-order valence-corrected chi connectivity index (χ1v) is 6.57. The lowest BCUT2D eigenvalue weighted by Crippen LogP contribution is -2.34. The highest BCUT2D eigenvalue weighted by molar-refractivity contribution is 6.23. The SMILES string of the molecule is COc1ccccc1N1C(=O)[C@@H]2[C@H](C1=O)[C@H]1C=C[C@@H]2O1. The van der Waals surface area contributed by atoms with Gasteiger partial charge in [0, 0.05) is 0 Å². The molecule has 2 bridgehead atoms. The number of hydrogen-bond donors (Lipinski definition) is 0. The summed E-state index contributed by atoms with van der Waals surface area (Å²) in [7, 11) is 1.53. The van der Waals surface area contributed by atoms with Crippen LogP contribution in [-0.2, 0) is 14.3 Å². The molecule has 2 saturated heterocycles. The quantitative estimate of drug-likeness (QED) is 0.598. The van der Waals surface area contributed by atoms with Crippen LogP contribution in [0, 0.1) is 11.8 Å². The number of imide groups is 1. The summed E-state index contributed by atoms with van der Waals surface area (Å²) < 4.78 is 10.9. The number of carbonyl (C=O) groups is 2. The largest absolute Gasteiger partial charge is 0.495 e. The molecular formula is C15H13NO4. The zero-order valence-corrected chi connectivity index (χ0v) is 10.9. The van der Waals surface area contributed by atoms with E-state index in [-0.39, 0.29) is 35.9 Å². The van der Waals surface area contributed by atoms with Crippen molar-refractivity contribution >= 4 is 17.5 Å². The van der Waals surface area contributed by atoms with E-state index < -0.39 is 0 Å². The Balaban J connectivity index is 1.78. The zero-order valence-electron chi connectivity index (χ0n) is 10.9. The van der Waals surface area contributed by atoms with Gasteiger partial charge in [-0.1, -0.05) is 24.3 Å². The Morgan fingerprint density at radius 2 is 1.65 bits per heavy atom. The first kappa shape index (κ1) is 11.7. The van der Waals surface area contributed by atoms with E-state index in [1.165, 1.54) is 12.0 Å². The number of ether oxygens (including phenoxy) is 2. The summed E-state index contributed by atoms with van der Waals surface area (Å²) in [6.07, 6.45) is 3.23. The van der Waals surface area contributed by atoms with Crippen LogP contribution in [0.3, 0.4) is 0 Å². The van der Waals surface area contributed by atoms with Crippen molar-refractivity contribution in [1.82, 2.24) is 0 Å². The number of nitrogens with zero attached hydrogens (tertiary/aromatic N) is 1. The number of rotatable bonds is 2. The van der Waals surface area contributed by atoms with Crippen molar-refractivity contribution < 1.29 is 19.1 Å². The molecule has 3 aliphatic rings. The highest BCUT2D eigenvalue weighted by Crippen LogP contribution is 2.47. The predicted molar refractivity (Wildman–Crippen MR) is 70.3 cm³/mol. The van der Waals surface area contributed by atoms with E-state index in [1.54, 1.807) is 18.2 Å². The lowest BCUT2D eigenvalue weighted by Gasteiger charge is -2.19. The van der Waals surface area contributed by atoms with Gasteiger partial charge < -0.3 is 9.47 Å². The molecule has 0 unspecified atom stereocenters. The van der Waals surface area contributed by atoms with Gasteiger partial charge in [-0.2, -0.15) is 0 Å². The van der Waals surface area contributed by atoms with Crippen LogP contribution in [0.5, 0.6) is 5.75 Å². The Kier molecular flexibility index (Phi) is 2.29. The number of hydrogen-bond acceptors (Lipinski definition) is 4. The Morgan fingerprint density at radius 1 is 1.05 bits per heavy atom. The molecule has 102 valence electrons. The third kappa shape index (κ3) is 1.30. The standard InChI is InChI=1S/C15H13NO4/c1-19-9-5-3-2-4-8(9)16-14(17)12-10-6-7-11(20-10)13(12)15(16)18/h2-7,10-13H,1H3/t10-,11+,12-,13+. The van der Waals surface area contributed by atoms with Gasteiger partial charge in [-0.05, 0) is 12.1 Å². The number of methoxy groups -OCH3 is 1. The third-order valence-electron chi connectivity index (χ3n) is 4.24. The van der Waals surface area contributed by atoms with Crippen molar-refractivity contribution in [3.05, 3.63) is 36.4 Å². The summed E-state index contributed by atoms with van der Waals surface area (Å²) in [5, 5.41) is 0. The van der Waals surface area contributed by atoms with Crippen LogP contribution in [0.15, 0.2) is 36.4 Å². The maximum Gasteiger partial charge on any atom is 0.240 e. The molecule has 2 amide bonds. The number of amides is 2. The maximum absolute atomic E-state index is 12.6. The minimum atomic E-state index is -0.387. The first-order chi connectivity index (χ1) is 9.72. The van der Waals surface area contributed by atoms with Crippen LogP contribution >= 0.6 is 0 Å². The molecular weight excluding hydrogens is 258 g/mol. The molecule has 5 heteroatoms. The molecule has 4 rings (SSSR count). The monoisotopic (exact) mass is 271 g/mol. The molecule has 1 aromatic carbocycles. The first-order valence-electron chi connectivity index (χ1n) is 6.57. The van der Waals surface area contributed by atoms with E-state index in [4.69, 9.17) is 9.47 Å².